The van der Waals surface area contributed by atoms with Crippen LogP contribution in [0.5, 0.6) is 0 Å². The molecule has 0 aromatic carbocycles. The van der Waals surface area contributed by atoms with Crippen molar-refractivity contribution in [2.24, 2.45) is 0 Å². The summed E-state index contributed by atoms with van der Waals surface area (Å²) in [7, 11) is 0. The molecule has 1 atom stereocenters. The number of carbonyl (C=O) groups is 1. The van der Waals surface area contributed by atoms with E-state index in [9.17, 15) is 4.79 Å². The second-order valence-electron chi connectivity index (χ2n) is 4.71. The van der Waals surface area contributed by atoms with Gasteiger partial charge in [0.1, 0.15) is 11.6 Å². The van der Waals surface area contributed by atoms with Crippen LogP contribution < -0.4 is 5.73 Å². The summed E-state index contributed by atoms with van der Waals surface area (Å²) in [6.45, 7) is 5.35. The van der Waals surface area contributed by atoms with Gasteiger partial charge >= 0.3 is 5.97 Å². The Morgan fingerprint density at radius 2 is 2.37 bits per heavy atom. The fourth-order valence-corrected chi connectivity index (χ4v) is 2.32. The Balaban J connectivity index is 2.14. The van der Waals surface area contributed by atoms with E-state index in [-0.39, 0.29) is 11.8 Å². The lowest BCUT2D eigenvalue weighted by Crippen LogP contribution is -2.25. The number of ether oxygens (including phenoxy) is 2. The standard InChI is InChI=1S/C13H21N3O3/c1-3-18-13(17)11-12(14)16(9(2)15-11)8-10-6-4-5-7-19-10/h10H,3-8,14H2,1-2H3. The Morgan fingerprint density at radius 1 is 1.58 bits per heavy atom. The highest BCUT2D eigenvalue weighted by Crippen LogP contribution is 2.20. The highest BCUT2D eigenvalue weighted by molar-refractivity contribution is 5.92. The number of esters is 1. The summed E-state index contributed by atoms with van der Waals surface area (Å²) < 4.78 is 12.5. The van der Waals surface area contributed by atoms with Gasteiger partial charge in [-0.3, -0.25) is 0 Å². The zero-order valence-corrected chi connectivity index (χ0v) is 11.5. The Kier molecular flexibility index (Phi) is 4.42. The van der Waals surface area contributed by atoms with E-state index in [0.717, 1.165) is 25.3 Å². The van der Waals surface area contributed by atoms with Crippen molar-refractivity contribution in [1.82, 2.24) is 9.55 Å². The Hall–Kier alpha value is -1.56. The third-order valence-corrected chi connectivity index (χ3v) is 3.33. The number of rotatable bonds is 4. The smallest absolute Gasteiger partial charge is 0.360 e. The molecule has 2 rings (SSSR count). The topological polar surface area (TPSA) is 79.4 Å². The van der Waals surface area contributed by atoms with Crippen LogP contribution >= 0.6 is 0 Å². The monoisotopic (exact) mass is 267 g/mol. The molecule has 106 valence electrons. The molecule has 0 radical (unpaired) electrons. The molecule has 6 nitrogen and oxygen atoms in total. The molecule has 0 saturated carbocycles. The average Bonchev–Trinajstić information content (AvgIpc) is 2.68. The average molecular weight is 267 g/mol. The van der Waals surface area contributed by atoms with Gasteiger partial charge in [0, 0.05) is 6.61 Å². The number of aryl methyl sites for hydroxylation is 1. The van der Waals surface area contributed by atoms with E-state index in [4.69, 9.17) is 15.2 Å². The lowest BCUT2D eigenvalue weighted by molar-refractivity contribution is 0.00596. The van der Waals surface area contributed by atoms with Crippen molar-refractivity contribution in [2.45, 2.75) is 45.8 Å². The van der Waals surface area contributed by atoms with Crippen molar-refractivity contribution in [3.63, 3.8) is 0 Å². The van der Waals surface area contributed by atoms with Crippen molar-refractivity contribution >= 4 is 11.8 Å². The molecular weight excluding hydrogens is 246 g/mol. The predicted molar refractivity (Wildman–Crippen MR) is 70.9 cm³/mol. The molecule has 0 spiro atoms. The van der Waals surface area contributed by atoms with Crippen LogP contribution in [0.1, 0.15) is 42.5 Å². The second-order valence-corrected chi connectivity index (χ2v) is 4.71. The SMILES string of the molecule is CCOC(=O)c1nc(C)n(CC2CCCCO2)c1N. The Morgan fingerprint density at radius 3 is 3.00 bits per heavy atom. The second kappa shape index (κ2) is 6.06. The van der Waals surface area contributed by atoms with E-state index in [0.29, 0.717) is 19.0 Å². The molecule has 1 saturated heterocycles. The number of nitrogens with zero attached hydrogens (tertiary/aromatic N) is 2. The first kappa shape index (κ1) is 13.9. The van der Waals surface area contributed by atoms with Gasteiger partial charge in [-0.05, 0) is 33.1 Å². The number of imidazole rings is 1. The summed E-state index contributed by atoms with van der Waals surface area (Å²) in [4.78, 5) is 15.9. The summed E-state index contributed by atoms with van der Waals surface area (Å²) in [5.74, 6) is 0.617. The zero-order chi connectivity index (χ0) is 13.8. The minimum Gasteiger partial charge on any atom is -0.461 e. The Labute approximate surface area is 112 Å². The lowest BCUT2D eigenvalue weighted by atomic mass is 10.1. The molecule has 0 amide bonds. The molecule has 0 aliphatic carbocycles. The molecule has 2 N–H and O–H groups in total. The third-order valence-electron chi connectivity index (χ3n) is 3.33. The summed E-state index contributed by atoms with van der Waals surface area (Å²) in [6.07, 6.45) is 3.46. The van der Waals surface area contributed by atoms with Crippen molar-refractivity contribution in [3.8, 4) is 0 Å². The highest BCUT2D eigenvalue weighted by atomic mass is 16.5. The molecule has 1 unspecified atom stereocenters. The Bertz CT molecular complexity index is 450. The fourth-order valence-electron chi connectivity index (χ4n) is 2.32. The molecule has 1 aliphatic heterocycles. The maximum absolute atomic E-state index is 11.7. The van der Waals surface area contributed by atoms with E-state index >= 15 is 0 Å². The predicted octanol–water partition coefficient (Wildman–Crippen LogP) is 1.52. The highest BCUT2D eigenvalue weighted by Gasteiger charge is 2.22. The van der Waals surface area contributed by atoms with Crippen LogP contribution in [0.4, 0.5) is 5.82 Å². The summed E-state index contributed by atoms with van der Waals surface area (Å²) in [5, 5.41) is 0. The van der Waals surface area contributed by atoms with Gasteiger partial charge in [0.2, 0.25) is 0 Å². The van der Waals surface area contributed by atoms with Crippen LogP contribution in [0.25, 0.3) is 0 Å². The zero-order valence-electron chi connectivity index (χ0n) is 11.5. The summed E-state index contributed by atoms with van der Waals surface area (Å²) in [6, 6.07) is 0. The first-order valence-corrected chi connectivity index (χ1v) is 6.74. The number of nitrogen functional groups attached to an aromatic ring is 1. The van der Waals surface area contributed by atoms with Crippen LogP contribution in [0.3, 0.4) is 0 Å². The number of hydrogen-bond acceptors (Lipinski definition) is 5. The van der Waals surface area contributed by atoms with Crippen LogP contribution in [0.15, 0.2) is 0 Å². The normalized spacial score (nSPS) is 19.4. The van der Waals surface area contributed by atoms with Gasteiger partial charge in [-0.2, -0.15) is 0 Å². The first-order valence-electron chi connectivity index (χ1n) is 6.74. The van der Waals surface area contributed by atoms with Crippen LogP contribution in [-0.2, 0) is 16.0 Å². The molecule has 1 aromatic rings. The number of nitrogens with two attached hydrogens (primary N) is 1. The van der Waals surface area contributed by atoms with E-state index in [1.54, 1.807) is 6.92 Å². The molecule has 2 heterocycles. The molecule has 19 heavy (non-hydrogen) atoms. The molecular formula is C13H21N3O3. The van der Waals surface area contributed by atoms with E-state index < -0.39 is 5.97 Å². The molecule has 0 bridgehead atoms. The van der Waals surface area contributed by atoms with E-state index in [2.05, 4.69) is 4.98 Å². The molecule has 1 aliphatic rings. The summed E-state index contributed by atoms with van der Waals surface area (Å²) >= 11 is 0. The molecule has 1 fully saturated rings. The maximum Gasteiger partial charge on any atom is 0.360 e. The van der Waals surface area contributed by atoms with Crippen LogP contribution in [-0.4, -0.2) is 34.8 Å². The van der Waals surface area contributed by atoms with Crippen molar-refractivity contribution in [2.75, 3.05) is 18.9 Å². The largest absolute Gasteiger partial charge is 0.461 e. The van der Waals surface area contributed by atoms with Crippen LogP contribution in [0.2, 0.25) is 0 Å². The lowest BCUT2D eigenvalue weighted by Gasteiger charge is -2.23. The summed E-state index contributed by atoms with van der Waals surface area (Å²) in [5.41, 5.74) is 6.20. The van der Waals surface area contributed by atoms with Gasteiger partial charge in [0.15, 0.2) is 5.69 Å². The first-order chi connectivity index (χ1) is 9.13. The van der Waals surface area contributed by atoms with Crippen molar-refractivity contribution < 1.29 is 14.3 Å². The van der Waals surface area contributed by atoms with Gasteiger partial charge in [-0.25, -0.2) is 9.78 Å². The molecule has 1 aromatic heterocycles. The maximum atomic E-state index is 11.7. The van der Waals surface area contributed by atoms with Gasteiger partial charge in [0.05, 0.1) is 19.3 Å². The van der Waals surface area contributed by atoms with E-state index in [1.165, 1.54) is 6.42 Å². The van der Waals surface area contributed by atoms with Gasteiger partial charge in [-0.1, -0.05) is 0 Å². The van der Waals surface area contributed by atoms with E-state index in [1.807, 2.05) is 11.5 Å². The quantitative estimate of drug-likeness (QED) is 0.837. The molecule has 6 heteroatoms. The minimum atomic E-state index is -0.466. The third kappa shape index (κ3) is 3.07. The van der Waals surface area contributed by atoms with Crippen LogP contribution in [0, 0.1) is 6.92 Å². The minimum absolute atomic E-state index is 0.152. The number of hydrogen-bond donors (Lipinski definition) is 1. The number of aromatic nitrogens is 2. The van der Waals surface area contributed by atoms with Gasteiger partial charge < -0.3 is 19.8 Å². The van der Waals surface area contributed by atoms with Crippen molar-refractivity contribution in [3.05, 3.63) is 11.5 Å². The van der Waals surface area contributed by atoms with Gasteiger partial charge in [0.25, 0.3) is 0 Å². The van der Waals surface area contributed by atoms with Crippen molar-refractivity contribution in [1.29, 1.82) is 0 Å². The number of anilines is 1. The van der Waals surface area contributed by atoms with Gasteiger partial charge in [-0.15, -0.1) is 0 Å². The number of carbonyl (C=O) groups excluding carboxylic acids is 1. The fraction of sp³-hybridized carbons (Fsp3) is 0.692.